The molecule has 0 rings (SSSR count). The van der Waals surface area contributed by atoms with Crippen molar-refractivity contribution in [1.29, 1.82) is 0 Å². The molecule has 7 heteroatoms. The fourth-order valence-corrected chi connectivity index (χ4v) is 1.48. The lowest BCUT2D eigenvalue weighted by Gasteiger charge is -2.07. The highest BCUT2D eigenvalue weighted by atomic mass is 16.6. The number of hydrogen-bond acceptors (Lipinski definition) is 4. The average molecular weight is 247 g/mol. The van der Waals surface area contributed by atoms with E-state index in [4.69, 9.17) is 10.2 Å². The van der Waals surface area contributed by atoms with Gasteiger partial charge in [0, 0.05) is 24.2 Å². The van der Waals surface area contributed by atoms with Crippen LogP contribution in [0.15, 0.2) is 0 Å². The van der Waals surface area contributed by atoms with E-state index < -0.39 is 22.9 Å². The van der Waals surface area contributed by atoms with Crippen molar-refractivity contribution in [1.82, 2.24) is 0 Å². The molecule has 0 amide bonds. The van der Waals surface area contributed by atoms with Gasteiger partial charge in [-0.1, -0.05) is 6.42 Å². The fraction of sp³-hybridized carbons (Fsp3) is 0.800. The minimum Gasteiger partial charge on any atom is -0.481 e. The maximum absolute atomic E-state index is 10.6. The second-order valence-corrected chi connectivity index (χ2v) is 3.86. The summed E-state index contributed by atoms with van der Waals surface area (Å²) >= 11 is 0. The molecular weight excluding hydrogens is 230 g/mol. The number of carboxylic acids is 2. The Bertz CT molecular complexity index is 278. The molecule has 0 aromatic rings. The predicted molar refractivity (Wildman–Crippen MR) is 58.4 cm³/mol. The Morgan fingerprint density at radius 2 is 1.59 bits per heavy atom. The van der Waals surface area contributed by atoms with Gasteiger partial charge >= 0.3 is 11.9 Å². The van der Waals surface area contributed by atoms with E-state index >= 15 is 0 Å². The Morgan fingerprint density at radius 3 is 2.06 bits per heavy atom. The van der Waals surface area contributed by atoms with E-state index in [-0.39, 0.29) is 19.3 Å². The van der Waals surface area contributed by atoms with Crippen LogP contribution in [0.4, 0.5) is 0 Å². The van der Waals surface area contributed by atoms with Gasteiger partial charge in [0.1, 0.15) is 0 Å². The van der Waals surface area contributed by atoms with Gasteiger partial charge in [-0.25, -0.2) is 0 Å². The van der Waals surface area contributed by atoms with Crippen molar-refractivity contribution in [3.05, 3.63) is 10.1 Å². The summed E-state index contributed by atoms with van der Waals surface area (Å²) in [5.41, 5.74) is 0. The van der Waals surface area contributed by atoms with Gasteiger partial charge in [0.25, 0.3) is 0 Å². The Labute approximate surface area is 98.6 Å². The Kier molecular flexibility index (Phi) is 7.66. The Morgan fingerprint density at radius 1 is 1.00 bits per heavy atom. The lowest BCUT2D eigenvalue weighted by atomic mass is 10.0. The summed E-state index contributed by atoms with van der Waals surface area (Å²) < 4.78 is 0. The van der Waals surface area contributed by atoms with Gasteiger partial charge in [-0.3, -0.25) is 19.7 Å². The number of rotatable bonds is 10. The second kappa shape index (κ2) is 8.49. The highest BCUT2D eigenvalue weighted by Crippen LogP contribution is 2.12. The molecule has 0 aliphatic heterocycles. The number of nitrogens with zero attached hydrogens (tertiary/aromatic N) is 1. The van der Waals surface area contributed by atoms with Crippen molar-refractivity contribution in [2.45, 2.75) is 51.0 Å². The zero-order valence-electron chi connectivity index (χ0n) is 9.50. The lowest BCUT2D eigenvalue weighted by molar-refractivity contribution is -0.524. The molecule has 1 atom stereocenters. The highest BCUT2D eigenvalue weighted by molar-refractivity contribution is 5.66. The zero-order chi connectivity index (χ0) is 13.3. The summed E-state index contributed by atoms with van der Waals surface area (Å²) in [6.45, 7) is 0. The van der Waals surface area contributed by atoms with Crippen LogP contribution in [0.2, 0.25) is 0 Å². The quantitative estimate of drug-likeness (QED) is 0.343. The SMILES string of the molecule is O=C(O)CCCCCC(CCC(=O)O)[N+](=O)[O-]. The highest BCUT2D eigenvalue weighted by Gasteiger charge is 2.20. The summed E-state index contributed by atoms with van der Waals surface area (Å²) in [5.74, 6) is -1.91. The van der Waals surface area contributed by atoms with Crippen LogP contribution in [-0.4, -0.2) is 33.1 Å². The van der Waals surface area contributed by atoms with Crippen molar-refractivity contribution >= 4 is 11.9 Å². The third kappa shape index (κ3) is 9.28. The first kappa shape index (κ1) is 15.3. The molecule has 0 aliphatic carbocycles. The van der Waals surface area contributed by atoms with Gasteiger partial charge in [0.15, 0.2) is 0 Å². The number of carboxylic acid groups (broad SMARTS) is 2. The van der Waals surface area contributed by atoms with E-state index in [1.165, 1.54) is 0 Å². The molecule has 1 unspecified atom stereocenters. The molecule has 0 bridgehead atoms. The third-order valence-corrected chi connectivity index (χ3v) is 2.42. The minimum absolute atomic E-state index is 0.0290. The minimum atomic E-state index is -1.04. The topological polar surface area (TPSA) is 118 Å². The fourth-order valence-electron chi connectivity index (χ4n) is 1.48. The molecule has 17 heavy (non-hydrogen) atoms. The van der Waals surface area contributed by atoms with Gasteiger partial charge < -0.3 is 10.2 Å². The van der Waals surface area contributed by atoms with Crippen LogP contribution in [-0.2, 0) is 9.59 Å². The van der Waals surface area contributed by atoms with E-state index in [1.807, 2.05) is 0 Å². The summed E-state index contributed by atoms with van der Waals surface area (Å²) in [5, 5.41) is 27.4. The van der Waals surface area contributed by atoms with Crippen LogP contribution in [0.1, 0.15) is 44.9 Å². The Balaban J connectivity index is 3.74. The van der Waals surface area contributed by atoms with Gasteiger partial charge in [0.2, 0.25) is 6.04 Å². The Hall–Kier alpha value is -1.66. The summed E-state index contributed by atoms with van der Waals surface area (Å²) in [6, 6.07) is -0.837. The van der Waals surface area contributed by atoms with Crippen molar-refractivity contribution in [2.75, 3.05) is 0 Å². The molecule has 0 saturated heterocycles. The predicted octanol–water partition coefficient (Wildman–Crippen LogP) is 1.53. The summed E-state index contributed by atoms with van der Waals surface area (Å²) in [6.07, 6.45) is 1.86. The van der Waals surface area contributed by atoms with Crippen LogP contribution in [0.3, 0.4) is 0 Å². The average Bonchev–Trinajstić information content (AvgIpc) is 2.20. The van der Waals surface area contributed by atoms with Gasteiger partial charge in [-0.15, -0.1) is 0 Å². The van der Waals surface area contributed by atoms with E-state index in [2.05, 4.69) is 0 Å². The number of aliphatic carboxylic acids is 2. The van der Waals surface area contributed by atoms with E-state index in [1.54, 1.807) is 0 Å². The van der Waals surface area contributed by atoms with Crippen molar-refractivity contribution in [3.8, 4) is 0 Å². The first-order chi connectivity index (χ1) is 7.93. The van der Waals surface area contributed by atoms with Crippen LogP contribution in [0.25, 0.3) is 0 Å². The zero-order valence-corrected chi connectivity index (χ0v) is 9.50. The number of unbranched alkanes of at least 4 members (excludes halogenated alkanes) is 2. The first-order valence-electron chi connectivity index (χ1n) is 5.50. The maximum atomic E-state index is 10.6. The van der Waals surface area contributed by atoms with Crippen LogP contribution in [0.5, 0.6) is 0 Å². The molecule has 0 fully saturated rings. The standard InChI is InChI=1S/C10H17NO6/c12-9(13)5-3-1-2-4-8(11(16)17)6-7-10(14)15/h8H,1-7H2,(H,12,13)(H,14,15). The van der Waals surface area contributed by atoms with E-state index in [0.29, 0.717) is 25.7 Å². The monoisotopic (exact) mass is 247 g/mol. The molecule has 0 heterocycles. The summed E-state index contributed by atoms with van der Waals surface area (Å²) in [7, 11) is 0. The van der Waals surface area contributed by atoms with Crippen LogP contribution < -0.4 is 0 Å². The largest absolute Gasteiger partial charge is 0.481 e. The number of carbonyl (C=O) groups is 2. The molecule has 98 valence electrons. The second-order valence-electron chi connectivity index (χ2n) is 3.86. The smallest absolute Gasteiger partial charge is 0.303 e. The molecule has 0 saturated carbocycles. The van der Waals surface area contributed by atoms with E-state index in [0.717, 1.165) is 0 Å². The maximum Gasteiger partial charge on any atom is 0.303 e. The van der Waals surface area contributed by atoms with Crippen LogP contribution >= 0.6 is 0 Å². The first-order valence-corrected chi connectivity index (χ1v) is 5.50. The molecule has 0 aromatic heterocycles. The molecule has 0 aromatic carbocycles. The van der Waals surface area contributed by atoms with Gasteiger partial charge in [-0.05, 0) is 12.8 Å². The number of nitro groups is 1. The number of hydrogen-bond donors (Lipinski definition) is 2. The molecule has 0 radical (unpaired) electrons. The van der Waals surface area contributed by atoms with Crippen molar-refractivity contribution in [3.63, 3.8) is 0 Å². The van der Waals surface area contributed by atoms with Gasteiger partial charge in [0.05, 0.1) is 6.42 Å². The lowest BCUT2D eigenvalue weighted by Crippen LogP contribution is -2.20. The summed E-state index contributed by atoms with van der Waals surface area (Å²) in [4.78, 5) is 30.6. The molecular formula is C10H17NO6. The van der Waals surface area contributed by atoms with Crippen molar-refractivity contribution in [2.24, 2.45) is 0 Å². The molecule has 0 aliphatic rings. The molecule has 2 N–H and O–H groups in total. The van der Waals surface area contributed by atoms with Crippen molar-refractivity contribution < 1.29 is 24.7 Å². The normalized spacial score (nSPS) is 12.0. The van der Waals surface area contributed by atoms with E-state index in [9.17, 15) is 19.7 Å². The van der Waals surface area contributed by atoms with Crippen LogP contribution in [0, 0.1) is 10.1 Å². The molecule has 0 spiro atoms. The molecule has 7 nitrogen and oxygen atoms in total. The van der Waals surface area contributed by atoms with Gasteiger partial charge in [-0.2, -0.15) is 0 Å². The third-order valence-electron chi connectivity index (χ3n) is 2.42.